The van der Waals surface area contributed by atoms with Gasteiger partial charge in [0.1, 0.15) is 7.05 Å². The predicted molar refractivity (Wildman–Crippen MR) is 125 cm³/mol. The molecule has 0 radical (unpaired) electrons. The first-order valence-electron chi connectivity index (χ1n) is 10.6. The molecule has 0 saturated heterocycles. The maximum absolute atomic E-state index is 2.45. The normalized spacial score (nSPS) is 22.0. The number of hydrogen-bond acceptors (Lipinski definition) is 1. The fourth-order valence-electron chi connectivity index (χ4n) is 5.34. The van der Waals surface area contributed by atoms with Crippen molar-refractivity contribution in [2.24, 2.45) is 0 Å². The van der Waals surface area contributed by atoms with Crippen LogP contribution in [-0.4, -0.2) is 30.4 Å². The molecule has 2 aliphatic rings. The van der Waals surface area contributed by atoms with Gasteiger partial charge in [0, 0.05) is 41.9 Å². The van der Waals surface area contributed by atoms with Crippen LogP contribution in [0.1, 0.15) is 45.2 Å². The Bertz CT molecular complexity index is 1020. The van der Waals surface area contributed by atoms with Crippen molar-refractivity contribution in [3.8, 4) is 0 Å². The van der Waals surface area contributed by atoms with Crippen molar-refractivity contribution in [2.75, 3.05) is 19.0 Å². The Morgan fingerprint density at radius 2 is 1.59 bits per heavy atom. The lowest BCUT2D eigenvalue weighted by Crippen LogP contribution is -2.38. The van der Waals surface area contributed by atoms with Gasteiger partial charge < -0.3 is 4.90 Å². The molecule has 2 nitrogen and oxygen atoms in total. The van der Waals surface area contributed by atoms with Crippen LogP contribution >= 0.6 is 0 Å². The molecule has 0 amide bonds. The molecule has 1 atom stereocenters. The molecule has 0 spiro atoms. The molecule has 2 aromatic carbocycles. The SMILES string of the molecule is CN1c2ccccc2C(C)(C)C1C/C=C/C=C/C1=[N+](C)c2ccccc2C1(C)C. The molecule has 2 aliphatic heterocycles. The average Bonchev–Trinajstić information content (AvgIpc) is 3.02. The van der Waals surface area contributed by atoms with E-state index in [0.717, 1.165) is 6.42 Å². The molecule has 2 heterocycles. The van der Waals surface area contributed by atoms with Crippen LogP contribution in [0.4, 0.5) is 11.4 Å². The number of anilines is 1. The number of allylic oxidation sites excluding steroid dienone is 3. The lowest BCUT2D eigenvalue weighted by atomic mass is 9.79. The molecule has 0 bridgehead atoms. The molecular weight excluding hydrogens is 352 g/mol. The Morgan fingerprint density at radius 3 is 2.28 bits per heavy atom. The van der Waals surface area contributed by atoms with Gasteiger partial charge in [0.05, 0.1) is 5.41 Å². The Kier molecular flexibility index (Phi) is 4.77. The van der Waals surface area contributed by atoms with E-state index in [-0.39, 0.29) is 10.8 Å². The predicted octanol–water partition coefficient (Wildman–Crippen LogP) is 5.99. The van der Waals surface area contributed by atoms with Gasteiger partial charge >= 0.3 is 0 Å². The van der Waals surface area contributed by atoms with E-state index in [1.54, 1.807) is 0 Å². The van der Waals surface area contributed by atoms with E-state index in [1.807, 2.05) is 0 Å². The van der Waals surface area contributed by atoms with Crippen LogP contribution in [0.25, 0.3) is 0 Å². The summed E-state index contributed by atoms with van der Waals surface area (Å²) in [5, 5.41) is 0. The molecule has 29 heavy (non-hydrogen) atoms. The second-order valence-corrected chi connectivity index (χ2v) is 9.47. The number of rotatable bonds is 4. The van der Waals surface area contributed by atoms with Crippen LogP contribution in [0.2, 0.25) is 0 Å². The number of likely N-dealkylation sites (N-methyl/N-ethyl adjacent to an activating group) is 1. The summed E-state index contributed by atoms with van der Waals surface area (Å²) in [6.07, 6.45) is 10.0. The molecule has 0 saturated carbocycles. The van der Waals surface area contributed by atoms with Crippen LogP contribution in [0.15, 0.2) is 72.8 Å². The largest absolute Gasteiger partial charge is 0.370 e. The summed E-state index contributed by atoms with van der Waals surface area (Å²) < 4.78 is 2.32. The lowest BCUT2D eigenvalue weighted by Gasteiger charge is -2.31. The quantitative estimate of drug-likeness (QED) is 0.463. The minimum Gasteiger partial charge on any atom is -0.370 e. The molecule has 0 aromatic heterocycles. The van der Waals surface area contributed by atoms with E-state index in [1.165, 1.54) is 28.2 Å². The van der Waals surface area contributed by atoms with Crippen LogP contribution in [-0.2, 0) is 10.8 Å². The third-order valence-corrected chi connectivity index (χ3v) is 7.08. The van der Waals surface area contributed by atoms with E-state index < -0.39 is 0 Å². The van der Waals surface area contributed by atoms with Gasteiger partial charge in [-0.25, -0.2) is 0 Å². The Morgan fingerprint density at radius 1 is 0.931 bits per heavy atom. The van der Waals surface area contributed by atoms with Gasteiger partial charge in [0.15, 0.2) is 5.71 Å². The van der Waals surface area contributed by atoms with Gasteiger partial charge in [-0.1, -0.05) is 68.5 Å². The van der Waals surface area contributed by atoms with Gasteiger partial charge in [0.2, 0.25) is 5.69 Å². The smallest absolute Gasteiger partial charge is 0.209 e. The second-order valence-electron chi connectivity index (χ2n) is 9.47. The zero-order valence-corrected chi connectivity index (χ0v) is 18.6. The first-order chi connectivity index (χ1) is 13.8. The molecule has 0 aliphatic carbocycles. The first kappa shape index (κ1) is 19.7. The maximum atomic E-state index is 2.45. The van der Waals surface area contributed by atoms with Crippen molar-refractivity contribution in [3.63, 3.8) is 0 Å². The van der Waals surface area contributed by atoms with Crippen molar-refractivity contribution >= 4 is 17.1 Å². The highest BCUT2D eigenvalue weighted by Crippen LogP contribution is 2.45. The molecule has 2 heteroatoms. The van der Waals surface area contributed by atoms with E-state index in [2.05, 4.69) is 124 Å². The number of para-hydroxylation sites is 2. The number of benzene rings is 2. The third-order valence-electron chi connectivity index (χ3n) is 7.08. The van der Waals surface area contributed by atoms with Crippen LogP contribution < -0.4 is 4.90 Å². The zero-order valence-electron chi connectivity index (χ0n) is 18.6. The molecule has 150 valence electrons. The molecule has 2 aromatic rings. The summed E-state index contributed by atoms with van der Waals surface area (Å²) in [6.45, 7) is 9.36. The molecule has 0 N–H and O–H groups in total. The molecule has 1 unspecified atom stereocenters. The Balaban J connectivity index is 1.48. The summed E-state index contributed by atoms with van der Waals surface area (Å²) in [5.74, 6) is 0. The summed E-state index contributed by atoms with van der Waals surface area (Å²) in [6, 6.07) is 18.0. The first-order valence-corrected chi connectivity index (χ1v) is 10.6. The maximum Gasteiger partial charge on any atom is 0.209 e. The summed E-state index contributed by atoms with van der Waals surface area (Å²) in [4.78, 5) is 2.45. The lowest BCUT2D eigenvalue weighted by molar-refractivity contribution is -0.401. The van der Waals surface area contributed by atoms with E-state index in [0.29, 0.717) is 6.04 Å². The van der Waals surface area contributed by atoms with E-state index >= 15 is 0 Å². The van der Waals surface area contributed by atoms with Crippen molar-refractivity contribution in [3.05, 3.63) is 84.0 Å². The van der Waals surface area contributed by atoms with Gasteiger partial charge in [0.25, 0.3) is 0 Å². The minimum absolute atomic E-state index is 0.0327. The average molecular weight is 386 g/mol. The van der Waals surface area contributed by atoms with Gasteiger partial charge in [-0.05, 0) is 31.9 Å². The number of fused-ring (bicyclic) bond motifs is 2. The van der Waals surface area contributed by atoms with Gasteiger partial charge in [-0.2, -0.15) is 4.58 Å². The van der Waals surface area contributed by atoms with Crippen LogP contribution in [0.3, 0.4) is 0 Å². The fourth-order valence-corrected chi connectivity index (χ4v) is 5.34. The van der Waals surface area contributed by atoms with Gasteiger partial charge in [-0.15, -0.1) is 0 Å². The molecular formula is C27H33N2+. The Hall–Kier alpha value is -2.61. The monoisotopic (exact) mass is 385 g/mol. The van der Waals surface area contributed by atoms with Crippen LogP contribution in [0, 0.1) is 0 Å². The minimum atomic E-state index is 0.0327. The second kappa shape index (κ2) is 7.02. The Labute approximate surface area is 175 Å². The topological polar surface area (TPSA) is 6.25 Å². The van der Waals surface area contributed by atoms with Crippen molar-refractivity contribution < 1.29 is 4.58 Å². The van der Waals surface area contributed by atoms with Crippen molar-refractivity contribution in [1.82, 2.24) is 0 Å². The zero-order chi connectivity index (χ0) is 20.8. The van der Waals surface area contributed by atoms with Gasteiger partial charge in [-0.3, -0.25) is 0 Å². The van der Waals surface area contributed by atoms with E-state index in [4.69, 9.17) is 0 Å². The summed E-state index contributed by atoms with van der Waals surface area (Å²) in [5.41, 5.74) is 7.07. The fraction of sp³-hybridized carbons (Fsp3) is 0.370. The van der Waals surface area contributed by atoms with Crippen LogP contribution in [0.5, 0.6) is 0 Å². The van der Waals surface area contributed by atoms with Crippen molar-refractivity contribution in [2.45, 2.75) is 51.0 Å². The standard InChI is InChI=1S/C27H33N2/c1-26(2)20-14-10-12-16-22(20)28(5)24(26)18-8-7-9-19-25-27(3,4)21-15-11-13-17-23(21)29(25)6/h7-18,25H,19H2,1-6H3/q+1/b9-7+,18-8+. The highest BCUT2D eigenvalue weighted by atomic mass is 15.2. The highest BCUT2D eigenvalue weighted by molar-refractivity contribution is 6.03. The molecule has 0 fully saturated rings. The molecule has 4 rings (SSSR count). The third kappa shape index (κ3) is 3.06. The number of hydrogen-bond donors (Lipinski definition) is 0. The number of nitrogens with zero attached hydrogens (tertiary/aromatic N) is 2. The van der Waals surface area contributed by atoms with E-state index in [9.17, 15) is 0 Å². The highest BCUT2D eigenvalue weighted by Gasteiger charge is 2.43. The summed E-state index contributed by atoms with van der Waals surface area (Å²) in [7, 11) is 4.40. The van der Waals surface area contributed by atoms with Crippen molar-refractivity contribution in [1.29, 1.82) is 0 Å². The summed E-state index contributed by atoms with van der Waals surface area (Å²) >= 11 is 0.